The third kappa shape index (κ3) is 6.41. The molecule has 1 aliphatic rings. The molecule has 0 radical (unpaired) electrons. The molecule has 0 fully saturated rings. The van der Waals surface area contributed by atoms with Crippen LogP contribution < -0.4 is 29.7 Å². The zero-order chi connectivity index (χ0) is 33.1. The third-order valence-electron chi connectivity index (χ3n) is 7.25. The van der Waals surface area contributed by atoms with Gasteiger partial charge >= 0.3 is 0 Å². The highest BCUT2D eigenvalue weighted by molar-refractivity contribution is 7.99. The number of nitrogens with one attached hydrogen (secondary N) is 1. The number of benzene rings is 3. The first-order valence-electron chi connectivity index (χ1n) is 14.1. The smallest absolute Gasteiger partial charge is 0.283 e. The summed E-state index contributed by atoms with van der Waals surface area (Å²) in [4.78, 5) is 53.3. The van der Waals surface area contributed by atoms with E-state index in [-0.39, 0.29) is 15.8 Å². The maximum atomic E-state index is 14.2. The van der Waals surface area contributed by atoms with Gasteiger partial charge in [-0.05, 0) is 66.7 Å². The van der Waals surface area contributed by atoms with Crippen molar-refractivity contribution in [1.82, 2.24) is 14.5 Å². The average Bonchev–Trinajstić information content (AvgIpc) is 3.38. The molecule has 0 unspecified atom stereocenters. The van der Waals surface area contributed by atoms with Gasteiger partial charge in [0.1, 0.15) is 17.5 Å². The van der Waals surface area contributed by atoms with Crippen molar-refractivity contribution in [3.8, 4) is 11.5 Å². The predicted molar refractivity (Wildman–Crippen MR) is 178 cm³/mol. The van der Waals surface area contributed by atoms with E-state index in [9.17, 15) is 19.7 Å². The van der Waals surface area contributed by atoms with Gasteiger partial charge in [-0.1, -0.05) is 35.6 Å². The summed E-state index contributed by atoms with van der Waals surface area (Å²) in [5.74, 6) is 0.520. The number of rotatable bonds is 9. The number of allylic oxidation sites excluding steroid dienone is 1. The summed E-state index contributed by atoms with van der Waals surface area (Å²) >= 11 is 2.19. The Balaban J connectivity index is 1.48. The molecule has 0 aliphatic carbocycles. The molecule has 2 aromatic heterocycles. The van der Waals surface area contributed by atoms with Crippen LogP contribution in [0.5, 0.6) is 11.5 Å². The Kier molecular flexibility index (Phi) is 8.95. The highest BCUT2D eigenvalue weighted by atomic mass is 32.2. The van der Waals surface area contributed by atoms with E-state index < -0.39 is 22.4 Å². The Morgan fingerprint density at radius 3 is 2.51 bits per heavy atom. The fourth-order valence-electron chi connectivity index (χ4n) is 5.11. The predicted octanol–water partition coefficient (Wildman–Crippen LogP) is 4.74. The lowest BCUT2D eigenvalue weighted by molar-refractivity contribution is -0.387. The lowest BCUT2D eigenvalue weighted by Gasteiger charge is -2.26. The highest BCUT2D eigenvalue weighted by Gasteiger charge is 2.34. The molecule has 6 rings (SSSR count). The van der Waals surface area contributed by atoms with Crippen LogP contribution in [0.2, 0.25) is 0 Å². The minimum absolute atomic E-state index is 0.152. The number of carbonyl (C=O) groups excluding carboxylic acids is 1. The number of thiazole rings is 1. The number of hydrogen-bond donors (Lipinski definition) is 1. The third-order valence-corrected chi connectivity index (χ3v) is 9.20. The quantitative estimate of drug-likeness (QED) is 0.134. The van der Waals surface area contributed by atoms with E-state index in [1.54, 1.807) is 86.1 Å². The largest absolute Gasteiger partial charge is 0.497 e. The topological polar surface area (TPSA) is 151 Å². The minimum Gasteiger partial charge on any atom is -0.497 e. The molecule has 0 bridgehead atoms. The van der Waals surface area contributed by atoms with Gasteiger partial charge in [-0.3, -0.25) is 24.3 Å². The van der Waals surface area contributed by atoms with Gasteiger partial charge in [-0.25, -0.2) is 15.0 Å². The summed E-state index contributed by atoms with van der Waals surface area (Å²) in [6.07, 6.45) is 4.70. The molecule has 1 atom stereocenters. The number of para-hydroxylation sites is 1. The van der Waals surface area contributed by atoms with Crippen LogP contribution >= 0.6 is 23.1 Å². The molecule has 47 heavy (non-hydrogen) atoms. The molecule has 12 nitrogen and oxygen atoms in total. The number of methoxy groups -OCH3 is 2. The fraction of sp³-hybridized carbons (Fsp3) is 0.121. The van der Waals surface area contributed by atoms with Crippen molar-refractivity contribution >= 4 is 46.5 Å². The number of aromatic nitrogens is 3. The average molecular weight is 667 g/mol. The van der Waals surface area contributed by atoms with Crippen LogP contribution in [0.4, 0.5) is 11.4 Å². The number of amides is 1. The summed E-state index contributed by atoms with van der Waals surface area (Å²) in [7, 11) is 3.03. The van der Waals surface area contributed by atoms with E-state index >= 15 is 0 Å². The van der Waals surface area contributed by atoms with Crippen LogP contribution in [0.1, 0.15) is 24.1 Å². The molecule has 0 saturated heterocycles. The summed E-state index contributed by atoms with van der Waals surface area (Å²) < 4.78 is 12.8. The van der Waals surface area contributed by atoms with E-state index in [0.29, 0.717) is 48.9 Å². The summed E-state index contributed by atoms with van der Waals surface area (Å²) in [6, 6.07) is 19.6. The highest BCUT2D eigenvalue weighted by Crippen LogP contribution is 2.38. The van der Waals surface area contributed by atoms with Crippen molar-refractivity contribution in [2.75, 3.05) is 19.5 Å². The van der Waals surface area contributed by atoms with Crippen LogP contribution in [-0.2, 0) is 4.79 Å². The first-order valence-corrected chi connectivity index (χ1v) is 15.7. The maximum Gasteiger partial charge on any atom is 0.283 e. The van der Waals surface area contributed by atoms with Gasteiger partial charge in [0.15, 0.2) is 9.96 Å². The maximum absolute atomic E-state index is 14.2. The van der Waals surface area contributed by atoms with E-state index in [1.165, 1.54) is 24.9 Å². The van der Waals surface area contributed by atoms with Gasteiger partial charge in [0, 0.05) is 35.8 Å². The Morgan fingerprint density at radius 2 is 1.81 bits per heavy atom. The molecule has 1 aliphatic heterocycles. The van der Waals surface area contributed by atoms with E-state index in [4.69, 9.17) is 9.47 Å². The van der Waals surface area contributed by atoms with Crippen LogP contribution in [0.3, 0.4) is 0 Å². The lowest BCUT2D eigenvalue weighted by atomic mass is 9.94. The molecule has 3 heterocycles. The van der Waals surface area contributed by atoms with Gasteiger partial charge in [-0.2, -0.15) is 0 Å². The number of ether oxygens (including phenoxy) is 2. The van der Waals surface area contributed by atoms with Crippen molar-refractivity contribution in [1.29, 1.82) is 0 Å². The number of nitro groups is 1. The normalized spacial score (nSPS) is 14.3. The summed E-state index contributed by atoms with van der Waals surface area (Å²) in [5.41, 5.74) is 1.68. The Labute approximate surface area is 275 Å². The molecule has 14 heteroatoms. The van der Waals surface area contributed by atoms with Crippen molar-refractivity contribution in [2.24, 2.45) is 4.99 Å². The number of nitro benzene ring substituents is 1. The monoisotopic (exact) mass is 666 g/mol. The van der Waals surface area contributed by atoms with Crippen LogP contribution in [0.25, 0.3) is 6.08 Å². The lowest BCUT2D eigenvalue weighted by Crippen LogP contribution is -2.40. The van der Waals surface area contributed by atoms with Crippen LogP contribution in [-0.4, -0.2) is 39.6 Å². The molecule has 3 aromatic carbocycles. The molecule has 0 spiro atoms. The molecule has 0 saturated carbocycles. The molecule has 1 amide bonds. The number of hydrogen-bond acceptors (Lipinski definition) is 11. The van der Waals surface area contributed by atoms with Crippen LogP contribution in [0.15, 0.2) is 116 Å². The summed E-state index contributed by atoms with van der Waals surface area (Å²) in [5, 5.41) is 15.3. The van der Waals surface area contributed by atoms with E-state index in [0.717, 1.165) is 23.1 Å². The molecular formula is C33H26N6O6S2. The second-order valence-corrected chi connectivity index (χ2v) is 12.1. The van der Waals surface area contributed by atoms with E-state index in [2.05, 4.69) is 20.3 Å². The van der Waals surface area contributed by atoms with Crippen molar-refractivity contribution < 1.29 is 19.2 Å². The number of carbonyl (C=O) groups is 1. The Bertz CT molecular complexity index is 2220. The van der Waals surface area contributed by atoms with Gasteiger partial charge < -0.3 is 14.8 Å². The first kappa shape index (κ1) is 31.4. The van der Waals surface area contributed by atoms with Gasteiger partial charge in [0.05, 0.1) is 39.8 Å². The Morgan fingerprint density at radius 1 is 1.04 bits per heavy atom. The van der Waals surface area contributed by atoms with Crippen molar-refractivity contribution in [2.45, 2.75) is 23.0 Å². The second kappa shape index (κ2) is 13.4. The minimum atomic E-state index is -0.906. The standard InChI is InChI=1S/C33H26N6O6S2/c1-19-28(30(40)37-21-8-5-4-6-9-21)29(23-12-11-22(44-2)18-25(23)45-3)38-31(41)27(47-33(38)36-19)17-20-10-13-26(24(16-20)39(42)43)46-32-34-14-7-15-35-32/h4-18,29H,1-3H3,(H,37,40)/b27-17+/t29-/m1/s1. The van der Waals surface area contributed by atoms with Crippen molar-refractivity contribution in [3.63, 3.8) is 0 Å². The fourth-order valence-corrected chi connectivity index (χ4v) is 6.96. The second-order valence-electron chi connectivity index (χ2n) is 10.1. The SMILES string of the molecule is COc1ccc([C@@H]2C(C(=O)Nc3ccccc3)=C(C)N=c3s/c(=C/c4ccc(Sc5ncccn5)c([N+](=O)[O-])c4)c(=O)n32)c(OC)c1. The van der Waals surface area contributed by atoms with E-state index in [1.807, 2.05) is 6.07 Å². The zero-order valence-electron chi connectivity index (χ0n) is 25.2. The Hall–Kier alpha value is -5.60. The molecule has 1 N–H and O–H groups in total. The zero-order valence-corrected chi connectivity index (χ0v) is 26.9. The van der Waals surface area contributed by atoms with Gasteiger partial charge in [0.2, 0.25) is 0 Å². The molecular weight excluding hydrogens is 641 g/mol. The number of nitrogens with zero attached hydrogens (tertiary/aromatic N) is 5. The molecule has 5 aromatic rings. The van der Waals surface area contributed by atoms with Crippen molar-refractivity contribution in [3.05, 3.63) is 137 Å². The molecule has 236 valence electrons. The number of anilines is 1. The first-order chi connectivity index (χ1) is 22.8. The van der Waals surface area contributed by atoms with Crippen LogP contribution in [0, 0.1) is 10.1 Å². The van der Waals surface area contributed by atoms with Gasteiger partial charge in [-0.15, -0.1) is 0 Å². The number of fused-ring (bicyclic) bond motifs is 1. The summed E-state index contributed by atoms with van der Waals surface area (Å²) in [6.45, 7) is 1.72. The van der Waals surface area contributed by atoms with Gasteiger partial charge in [0.25, 0.3) is 17.2 Å².